The van der Waals surface area contributed by atoms with Crippen molar-refractivity contribution < 1.29 is 0 Å². The summed E-state index contributed by atoms with van der Waals surface area (Å²) >= 11 is 8.67. The molecule has 0 heterocycles. The van der Waals surface area contributed by atoms with E-state index in [-0.39, 0.29) is 0 Å². The Morgan fingerprint density at radius 2 is 2.00 bits per heavy atom. The van der Waals surface area contributed by atoms with Crippen LogP contribution in [-0.2, 0) is 0 Å². The summed E-state index contributed by atoms with van der Waals surface area (Å²) in [5.41, 5.74) is 0. The number of thiol groups is 2. The highest BCUT2D eigenvalue weighted by Gasteiger charge is 2.09. The predicted molar refractivity (Wildman–Crippen MR) is 48.4 cm³/mol. The van der Waals surface area contributed by atoms with Gasteiger partial charge in [-0.2, -0.15) is 25.3 Å². The minimum Gasteiger partial charge on any atom is -0.174 e. The van der Waals surface area contributed by atoms with Crippen molar-refractivity contribution in [3.8, 4) is 0 Å². The highest BCUT2D eigenvalue weighted by Crippen LogP contribution is 2.16. The standard InChI is InChI=1S/C7H10S2/c8-6-4-2-1-3-5-7(6)9/h1-4,6-9H,5H2. The van der Waals surface area contributed by atoms with E-state index in [1.54, 1.807) is 0 Å². The molecule has 9 heavy (non-hydrogen) atoms. The van der Waals surface area contributed by atoms with Gasteiger partial charge in [0.1, 0.15) is 0 Å². The summed E-state index contributed by atoms with van der Waals surface area (Å²) in [7, 11) is 0. The van der Waals surface area contributed by atoms with Gasteiger partial charge >= 0.3 is 0 Å². The van der Waals surface area contributed by atoms with E-state index in [1.807, 2.05) is 12.2 Å². The fourth-order valence-electron chi connectivity index (χ4n) is 0.742. The largest absolute Gasteiger partial charge is 0.174 e. The topological polar surface area (TPSA) is 0 Å². The van der Waals surface area contributed by atoms with Gasteiger partial charge in [-0.3, -0.25) is 0 Å². The Morgan fingerprint density at radius 1 is 1.22 bits per heavy atom. The van der Waals surface area contributed by atoms with Crippen LogP contribution in [0.3, 0.4) is 0 Å². The minimum absolute atomic E-state index is 0.309. The normalized spacial score (nSPS) is 34.4. The average Bonchev–Trinajstić information content (AvgIpc) is 1.99. The van der Waals surface area contributed by atoms with Gasteiger partial charge in [-0.25, -0.2) is 0 Å². The maximum atomic E-state index is 4.35. The fourth-order valence-corrected chi connectivity index (χ4v) is 1.18. The molecule has 1 rings (SSSR count). The van der Waals surface area contributed by atoms with Crippen molar-refractivity contribution >= 4 is 25.3 Å². The van der Waals surface area contributed by atoms with Crippen LogP contribution < -0.4 is 0 Å². The van der Waals surface area contributed by atoms with Gasteiger partial charge in [-0.15, -0.1) is 0 Å². The van der Waals surface area contributed by atoms with Gasteiger partial charge < -0.3 is 0 Å². The molecule has 2 heteroatoms. The van der Waals surface area contributed by atoms with Gasteiger partial charge in [0.15, 0.2) is 0 Å². The maximum absolute atomic E-state index is 4.35. The summed E-state index contributed by atoms with van der Waals surface area (Å²) in [6, 6.07) is 0. The second-order valence-electron chi connectivity index (χ2n) is 2.11. The molecule has 50 valence electrons. The lowest BCUT2D eigenvalue weighted by Gasteiger charge is -2.09. The van der Waals surface area contributed by atoms with Crippen LogP contribution in [-0.4, -0.2) is 10.5 Å². The van der Waals surface area contributed by atoms with Crippen molar-refractivity contribution in [3.63, 3.8) is 0 Å². The van der Waals surface area contributed by atoms with Crippen molar-refractivity contribution in [3.05, 3.63) is 24.3 Å². The first-order valence-electron chi connectivity index (χ1n) is 3.00. The van der Waals surface area contributed by atoms with E-state index in [0.29, 0.717) is 10.5 Å². The molecule has 0 nitrogen and oxygen atoms in total. The van der Waals surface area contributed by atoms with Crippen molar-refractivity contribution in [1.29, 1.82) is 0 Å². The first-order valence-corrected chi connectivity index (χ1v) is 4.03. The third-order valence-corrected chi connectivity index (χ3v) is 2.63. The zero-order chi connectivity index (χ0) is 6.69. The molecular formula is C7H10S2. The molecule has 0 fully saturated rings. The van der Waals surface area contributed by atoms with Crippen LogP contribution in [0.15, 0.2) is 24.3 Å². The lowest BCUT2D eigenvalue weighted by molar-refractivity contribution is 0.926. The van der Waals surface area contributed by atoms with Crippen molar-refractivity contribution in [1.82, 2.24) is 0 Å². The average molecular weight is 158 g/mol. The highest BCUT2D eigenvalue weighted by molar-refractivity contribution is 7.85. The van der Waals surface area contributed by atoms with Gasteiger partial charge in [0.05, 0.1) is 0 Å². The molecule has 0 aromatic carbocycles. The molecule has 0 aromatic heterocycles. The summed E-state index contributed by atoms with van der Waals surface area (Å²) < 4.78 is 0. The molecule has 1 aliphatic rings. The van der Waals surface area contributed by atoms with Crippen LogP contribution in [0.2, 0.25) is 0 Å². The molecule has 2 unspecified atom stereocenters. The smallest absolute Gasteiger partial charge is 0.0319 e. The zero-order valence-electron chi connectivity index (χ0n) is 5.07. The van der Waals surface area contributed by atoms with E-state index in [0.717, 1.165) is 6.42 Å². The monoisotopic (exact) mass is 158 g/mol. The Hall–Kier alpha value is 0.180. The predicted octanol–water partition coefficient (Wildman–Crippen LogP) is 2.10. The van der Waals surface area contributed by atoms with Crippen LogP contribution >= 0.6 is 25.3 Å². The van der Waals surface area contributed by atoms with Gasteiger partial charge in [-0.05, 0) is 6.42 Å². The second-order valence-corrected chi connectivity index (χ2v) is 3.37. The Labute approximate surface area is 66.9 Å². The van der Waals surface area contributed by atoms with E-state index in [4.69, 9.17) is 0 Å². The summed E-state index contributed by atoms with van der Waals surface area (Å²) in [5, 5.41) is 0.687. The molecule has 2 atom stereocenters. The molecule has 0 aromatic rings. The Kier molecular flexibility index (Phi) is 2.73. The zero-order valence-corrected chi connectivity index (χ0v) is 6.85. The molecule has 0 aliphatic heterocycles. The minimum atomic E-state index is 0.309. The van der Waals surface area contributed by atoms with Crippen LogP contribution in [0.25, 0.3) is 0 Å². The fraction of sp³-hybridized carbons (Fsp3) is 0.429. The first kappa shape index (κ1) is 7.29. The van der Waals surface area contributed by atoms with E-state index in [2.05, 4.69) is 37.4 Å². The SMILES string of the molecule is SC1C=CC=CCC1S. The van der Waals surface area contributed by atoms with Gasteiger partial charge in [0.2, 0.25) is 0 Å². The molecule has 0 saturated carbocycles. The van der Waals surface area contributed by atoms with Gasteiger partial charge in [0, 0.05) is 10.5 Å². The number of rotatable bonds is 0. The number of hydrogen-bond donors (Lipinski definition) is 2. The third kappa shape index (κ3) is 2.11. The van der Waals surface area contributed by atoms with Crippen LogP contribution in [0.1, 0.15) is 6.42 Å². The van der Waals surface area contributed by atoms with Gasteiger partial charge in [0.25, 0.3) is 0 Å². The first-order chi connectivity index (χ1) is 4.30. The van der Waals surface area contributed by atoms with Gasteiger partial charge in [-0.1, -0.05) is 24.3 Å². The lowest BCUT2D eigenvalue weighted by atomic mass is 10.2. The summed E-state index contributed by atoms with van der Waals surface area (Å²) in [5.74, 6) is 0. The molecule has 0 radical (unpaired) electrons. The van der Waals surface area contributed by atoms with E-state index in [1.165, 1.54) is 0 Å². The second kappa shape index (κ2) is 3.37. The van der Waals surface area contributed by atoms with Crippen LogP contribution in [0.5, 0.6) is 0 Å². The quantitative estimate of drug-likeness (QED) is 0.496. The molecule has 0 bridgehead atoms. The Morgan fingerprint density at radius 3 is 2.78 bits per heavy atom. The summed E-state index contributed by atoms with van der Waals surface area (Å²) in [6.45, 7) is 0. The van der Waals surface area contributed by atoms with E-state index in [9.17, 15) is 0 Å². The highest BCUT2D eigenvalue weighted by atomic mass is 32.1. The Bertz CT molecular complexity index is 138. The molecule has 0 amide bonds. The van der Waals surface area contributed by atoms with Crippen LogP contribution in [0.4, 0.5) is 0 Å². The number of allylic oxidation sites excluding steroid dienone is 3. The molecular weight excluding hydrogens is 148 g/mol. The summed E-state index contributed by atoms with van der Waals surface area (Å²) in [6.07, 6.45) is 9.26. The third-order valence-electron chi connectivity index (χ3n) is 1.33. The van der Waals surface area contributed by atoms with Crippen molar-refractivity contribution in [2.45, 2.75) is 16.9 Å². The van der Waals surface area contributed by atoms with Crippen molar-refractivity contribution in [2.24, 2.45) is 0 Å². The lowest BCUT2D eigenvalue weighted by Crippen LogP contribution is -2.09. The van der Waals surface area contributed by atoms with Crippen LogP contribution in [0, 0.1) is 0 Å². The maximum Gasteiger partial charge on any atom is 0.0319 e. The molecule has 0 saturated heterocycles. The number of hydrogen-bond acceptors (Lipinski definition) is 2. The van der Waals surface area contributed by atoms with E-state index >= 15 is 0 Å². The van der Waals surface area contributed by atoms with E-state index < -0.39 is 0 Å². The Balaban J connectivity index is 2.58. The summed E-state index contributed by atoms with van der Waals surface area (Å²) in [4.78, 5) is 0. The molecule has 0 spiro atoms. The molecule has 0 N–H and O–H groups in total. The molecule has 1 aliphatic carbocycles. The van der Waals surface area contributed by atoms with Crippen molar-refractivity contribution in [2.75, 3.05) is 0 Å².